The minimum Gasteiger partial charge on any atom is -0.0683 e. The molecule has 132 valence electrons. The maximum absolute atomic E-state index is 2.20. The third kappa shape index (κ3) is 5.60. The van der Waals surface area contributed by atoms with Gasteiger partial charge in [0.25, 0.3) is 0 Å². The van der Waals surface area contributed by atoms with E-state index in [1.165, 1.54) is 33.0 Å². The molecule has 4 aromatic rings. The molecule has 0 saturated heterocycles. The Morgan fingerprint density at radius 2 is 0.923 bits per heavy atom. The predicted octanol–water partition coefficient (Wildman–Crippen LogP) is 7.84. The van der Waals surface area contributed by atoms with Gasteiger partial charge in [0, 0.05) is 0 Å². The minimum atomic E-state index is 1.28. The van der Waals surface area contributed by atoms with E-state index in [0.717, 1.165) is 0 Å². The van der Waals surface area contributed by atoms with Gasteiger partial charge in [0.15, 0.2) is 0 Å². The first kappa shape index (κ1) is 19.5. The number of hydrogen-bond donors (Lipinski definition) is 0. The first-order chi connectivity index (χ1) is 12.7. The van der Waals surface area contributed by atoms with E-state index in [9.17, 15) is 0 Å². The van der Waals surface area contributed by atoms with E-state index in [4.69, 9.17) is 0 Å². The molecule has 0 heterocycles. The van der Waals surface area contributed by atoms with Crippen LogP contribution in [0.25, 0.3) is 21.9 Å². The fourth-order valence-corrected chi connectivity index (χ4v) is 2.69. The van der Waals surface area contributed by atoms with Gasteiger partial charge in [0.05, 0.1) is 0 Å². The normalized spacial score (nSPS) is 9.54. The summed E-state index contributed by atoms with van der Waals surface area (Å²) in [6, 6.07) is 33.9. The van der Waals surface area contributed by atoms with Crippen LogP contribution in [0.3, 0.4) is 0 Å². The lowest BCUT2D eigenvalue weighted by molar-refractivity contribution is 1.47. The van der Waals surface area contributed by atoms with Crippen LogP contribution in [-0.2, 0) is 0 Å². The van der Waals surface area contributed by atoms with Crippen LogP contribution in [-0.4, -0.2) is 0 Å². The molecular formula is C26H28. The highest BCUT2D eigenvalue weighted by atomic mass is 14.0. The number of fused-ring (bicyclic) bond motifs is 1. The van der Waals surface area contributed by atoms with Crippen molar-refractivity contribution in [3.05, 3.63) is 108 Å². The SMILES string of the molecule is CC.Cc1ccc(-c2ccccc2)cc1.Cc1ccc2ccccc2c1. The van der Waals surface area contributed by atoms with Gasteiger partial charge in [-0.2, -0.15) is 0 Å². The van der Waals surface area contributed by atoms with Crippen molar-refractivity contribution in [1.82, 2.24) is 0 Å². The highest BCUT2D eigenvalue weighted by Crippen LogP contribution is 2.18. The van der Waals surface area contributed by atoms with Crippen molar-refractivity contribution in [2.24, 2.45) is 0 Å². The standard InChI is InChI=1S/C13H12.C11H10.C2H6/c1-11-7-9-13(10-8-11)12-5-3-2-4-6-12;1-9-6-7-10-4-2-3-5-11(10)8-9;1-2/h2-10H,1H3;2-8H,1H3;1-2H3. The van der Waals surface area contributed by atoms with Crippen molar-refractivity contribution >= 4 is 10.8 Å². The van der Waals surface area contributed by atoms with Gasteiger partial charge in [-0.15, -0.1) is 0 Å². The molecule has 0 nitrogen and oxygen atoms in total. The van der Waals surface area contributed by atoms with Crippen LogP contribution in [0.1, 0.15) is 25.0 Å². The molecule has 0 aromatic heterocycles. The third-order valence-corrected chi connectivity index (χ3v) is 4.06. The molecule has 0 fully saturated rings. The Bertz CT molecular complexity index is 903. The number of aryl methyl sites for hydroxylation is 2. The Morgan fingerprint density at radius 1 is 0.423 bits per heavy atom. The zero-order valence-corrected chi connectivity index (χ0v) is 16.2. The molecule has 0 spiro atoms. The fourth-order valence-electron chi connectivity index (χ4n) is 2.69. The van der Waals surface area contributed by atoms with Crippen LogP contribution >= 0.6 is 0 Å². The summed E-state index contributed by atoms with van der Waals surface area (Å²) in [5.41, 5.74) is 5.19. The van der Waals surface area contributed by atoms with Gasteiger partial charge in [0.2, 0.25) is 0 Å². The summed E-state index contributed by atoms with van der Waals surface area (Å²) in [4.78, 5) is 0. The van der Waals surface area contributed by atoms with Crippen molar-refractivity contribution in [2.45, 2.75) is 27.7 Å². The van der Waals surface area contributed by atoms with Gasteiger partial charge in [-0.1, -0.05) is 122 Å². The lowest BCUT2D eigenvalue weighted by Crippen LogP contribution is -1.76. The molecule has 0 heteroatoms. The Kier molecular flexibility index (Phi) is 7.64. The average molecular weight is 341 g/mol. The molecule has 0 aliphatic heterocycles. The molecule has 0 saturated carbocycles. The van der Waals surface area contributed by atoms with Gasteiger partial charge >= 0.3 is 0 Å². The Morgan fingerprint density at radius 3 is 1.58 bits per heavy atom. The van der Waals surface area contributed by atoms with E-state index in [1.807, 2.05) is 19.9 Å². The summed E-state index contributed by atoms with van der Waals surface area (Å²) in [5.74, 6) is 0. The van der Waals surface area contributed by atoms with Crippen LogP contribution in [0.2, 0.25) is 0 Å². The quantitative estimate of drug-likeness (QED) is 0.331. The van der Waals surface area contributed by atoms with Crippen LogP contribution in [0, 0.1) is 13.8 Å². The smallest absolute Gasteiger partial charge is 0.0181 e. The van der Waals surface area contributed by atoms with Crippen molar-refractivity contribution in [3.8, 4) is 11.1 Å². The maximum Gasteiger partial charge on any atom is -0.0181 e. The molecule has 0 aliphatic rings. The summed E-state index contributed by atoms with van der Waals surface area (Å²) >= 11 is 0. The second-order valence-electron chi connectivity index (χ2n) is 6.08. The summed E-state index contributed by atoms with van der Waals surface area (Å²) in [6.45, 7) is 8.22. The van der Waals surface area contributed by atoms with Crippen LogP contribution in [0.15, 0.2) is 97.1 Å². The van der Waals surface area contributed by atoms with E-state index < -0.39 is 0 Å². The van der Waals surface area contributed by atoms with Crippen molar-refractivity contribution in [2.75, 3.05) is 0 Å². The van der Waals surface area contributed by atoms with E-state index in [1.54, 1.807) is 0 Å². The molecular weight excluding hydrogens is 312 g/mol. The van der Waals surface area contributed by atoms with Crippen molar-refractivity contribution < 1.29 is 0 Å². The molecule has 0 unspecified atom stereocenters. The zero-order chi connectivity index (χ0) is 18.8. The Labute approximate surface area is 158 Å². The summed E-state index contributed by atoms with van der Waals surface area (Å²) in [6.07, 6.45) is 0. The van der Waals surface area contributed by atoms with Gasteiger partial charge in [-0.3, -0.25) is 0 Å². The lowest BCUT2D eigenvalue weighted by Gasteiger charge is -2.00. The van der Waals surface area contributed by atoms with E-state index in [-0.39, 0.29) is 0 Å². The lowest BCUT2D eigenvalue weighted by atomic mass is 10.0. The highest BCUT2D eigenvalue weighted by Gasteiger charge is 1.94. The number of hydrogen-bond acceptors (Lipinski definition) is 0. The van der Waals surface area contributed by atoms with Gasteiger partial charge in [0.1, 0.15) is 0 Å². The maximum atomic E-state index is 2.20. The second-order valence-corrected chi connectivity index (χ2v) is 6.08. The Balaban J connectivity index is 0.000000173. The average Bonchev–Trinajstić information content (AvgIpc) is 2.71. The number of benzene rings is 4. The van der Waals surface area contributed by atoms with E-state index in [0.29, 0.717) is 0 Å². The minimum absolute atomic E-state index is 1.28. The molecule has 26 heavy (non-hydrogen) atoms. The van der Waals surface area contributed by atoms with Crippen LogP contribution in [0.5, 0.6) is 0 Å². The fraction of sp³-hybridized carbons (Fsp3) is 0.154. The first-order valence-corrected chi connectivity index (χ1v) is 9.30. The Hall–Kier alpha value is -2.86. The van der Waals surface area contributed by atoms with Gasteiger partial charge in [-0.05, 0) is 35.7 Å². The largest absolute Gasteiger partial charge is 0.0683 e. The molecule has 0 atom stereocenters. The third-order valence-electron chi connectivity index (χ3n) is 4.06. The molecule has 0 aliphatic carbocycles. The van der Waals surface area contributed by atoms with Crippen LogP contribution < -0.4 is 0 Å². The van der Waals surface area contributed by atoms with Crippen molar-refractivity contribution in [1.29, 1.82) is 0 Å². The zero-order valence-electron chi connectivity index (χ0n) is 16.2. The predicted molar refractivity (Wildman–Crippen MR) is 117 cm³/mol. The number of rotatable bonds is 1. The summed E-state index contributed by atoms with van der Waals surface area (Å²) < 4.78 is 0. The highest BCUT2D eigenvalue weighted by molar-refractivity contribution is 5.82. The van der Waals surface area contributed by atoms with E-state index in [2.05, 4.69) is 105 Å². The summed E-state index contributed by atoms with van der Waals surface area (Å²) in [5, 5.41) is 2.64. The molecule has 4 aromatic carbocycles. The van der Waals surface area contributed by atoms with Gasteiger partial charge < -0.3 is 0 Å². The molecule has 0 N–H and O–H groups in total. The topological polar surface area (TPSA) is 0 Å². The second kappa shape index (κ2) is 10.2. The monoisotopic (exact) mass is 340 g/mol. The van der Waals surface area contributed by atoms with Crippen LogP contribution in [0.4, 0.5) is 0 Å². The molecule has 4 rings (SSSR count). The summed E-state index contributed by atoms with van der Waals surface area (Å²) in [7, 11) is 0. The van der Waals surface area contributed by atoms with Gasteiger partial charge in [-0.25, -0.2) is 0 Å². The molecule has 0 amide bonds. The van der Waals surface area contributed by atoms with Crippen molar-refractivity contribution in [3.63, 3.8) is 0 Å². The first-order valence-electron chi connectivity index (χ1n) is 9.30. The molecule has 0 bridgehead atoms. The molecule has 0 radical (unpaired) electrons. The van der Waals surface area contributed by atoms with E-state index >= 15 is 0 Å².